The van der Waals surface area contributed by atoms with Gasteiger partial charge in [-0.05, 0) is 19.3 Å². The SMILES string of the molecule is CCC(C(=O)O)N1CCS(=O)C(CC)(CC)C1. The van der Waals surface area contributed by atoms with Gasteiger partial charge in [-0.15, -0.1) is 0 Å². The highest BCUT2D eigenvalue weighted by molar-refractivity contribution is 7.86. The first kappa shape index (κ1) is 14.6. The maximum Gasteiger partial charge on any atom is 0.320 e. The Bertz CT molecular complexity index is 302. The fourth-order valence-corrected chi connectivity index (χ4v) is 4.38. The standard InChI is InChI=1S/C12H23NO3S/c1-4-10(11(14)15)13-7-8-17(16)12(5-2,6-3)9-13/h10H,4-9H2,1-3H3,(H,14,15). The zero-order chi connectivity index (χ0) is 13.1. The second kappa shape index (κ2) is 5.96. The average Bonchev–Trinajstić information content (AvgIpc) is 2.32. The van der Waals surface area contributed by atoms with Gasteiger partial charge < -0.3 is 5.11 Å². The summed E-state index contributed by atoms with van der Waals surface area (Å²) in [5.74, 6) is -0.160. The number of nitrogens with zero attached hydrogens (tertiary/aromatic N) is 1. The third-order valence-corrected chi connectivity index (χ3v) is 6.17. The molecule has 0 spiro atoms. The highest BCUT2D eigenvalue weighted by Crippen LogP contribution is 2.29. The van der Waals surface area contributed by atoms with Crippen LogP contribution in [-0.4, -0.2) is 49.8 Å². The highest BCUT2D eigenvalue weighted by Gasteiger charge is 2.41. The molecule has 1 heterocycles. The molecule has 1 N–H and O–H groups in total. The summed E-state index contributed by atoms with van der Waals surface area (Å²) in [5.41, 5.74) is 0. The molecular formula is C12H23NO3S. The summed E-state index contributed by atoms with van der Waals surface area (Å²) >= 11 is 0. The average molecular weight is 261 g/mol. The smallest absolute Gasteiger partial charge is 0.320 e. The Morgan fingerprint density at radius 3 is 2.41 bits per heavy atom. The number of carboxylic acid groups (broad SMARTS) is 1. The van der Waals surface area contributed by atoms with Crippen LogP contribution in [0.3, 0.4) is 0 Å². The fourth-order valence-electron chi connectivity index (χ4n) is 2.59. The topological polar surface area (TPSA) is 57.6 Å². The third kappa shape index (κ3) is 2.88. The lowest BCUT2D eigenvalue weighted by Crippen LogP contribution is -2.57. The van der Waals surface area contributed by atoms with Crippen molar-refractivity contribution in [3.05, 3.63) is 0 Å². The number of rotatable bonds is 5. The van der Waals surface area contributed by atoms with Crippen LogP contribution in [-0.2, 0) is 15.6 Å². The molecule has 1 rings (SSSR count). The van der Waals surface area contributed by atoms with E-state index in [9.17, 15) is 14.1 Å². The van der Waals surface area contributed by atoms with E-state index in [-0.39, 0.29) is 4.75 Å². The van der Waals surface area contributed by atoms with Gasteiger partial charge in [0.25, 0.3) is 0 Å². The molecule has 0 amide bonds. The van der Waals surface area contributed by atoms with E-state index in [1.54, 1.807) is 0 Å². The second-order valence-electron chi connectivity index (χ2n) is 4.67. The quantitative estimate of drug-likeness (QED) is 0.814. The minimum Gasteiger partial charge on any atom is -0.480 e. The zero-order valence-electron chi connectivity index (χ0n) is 10.9. The first-order chi connectivity index (χ1) is 8.00. The molecule has 2 atom stereocenters. The van der Waals surface area contributed by atoms with Crippen molar-refractivity contribution in [2.24, 2.45) is 0 Å². The van der Waals surface area contributed by atoms with Crippen molar-refractivity contribution in [1.29, 1.82) is 0 Å². The van der Waals surface area contributed by atoms with Gasteiger partial charge in [-0.3, -0.25) is 13.9 Å². The first-order valence-corrected chi connectivity index (χ1v) is 7.68. The van der Waals surface area contributed by atoms with Crippen molar-refractivity contribution in [2.45, 2.75) is 50.8 Å². The van der Waals surface area contributed by atoms with Gasteiger partial charge in [0.1, 0.15) is 6.04 Å². The van der Waals surface area contributed by atoms with Crippen molar-refractivity contribution in [3.8, 4) is 0 Å². The van der Waals surface area contributed by atoms with E-state index in [4.69, 9.17) is 0 Å². The molecule has 0 radical (unpaired) electrons. The molecule has 0 aromatic heterocycles. The fraction of sp³-hybridized carbons (Fsp3) is 0.917. The van der Waals surface area contributed by atoms with Gasteiger partial charge in [0.2, 0.25) is 0 Å². The number of carbonyl (C=O) groups is 1. The van der Waals surface area contributed by atoms with Crippen LogP contribution in [0.25, 0.3) is 0 Å². The van der Waals surface area contributed by atoms with Crippen LogP contribution in [0.2, 0.25) is 0 Å². The van der Waals surface area contributed by atoms with E-state index in [2.05, 4.69) is 0 Å². The Kier molecular flexibility index (Phi) is 5.13. The lowest BCUT2D eigenvalue weighted by atomic mass is 9.99. The van der Waals surface area contributed by atoms with Gasteiger partial charge in [0, 0.05) is 29.6 Å². The maximum absolute atomic E-state index is 12.1. The van der Waals surface area contributed by atoms with Gasteiger partial charge in [-0.25, -0.2) is 0 Å². The van der Waals surface area contributed by atoms with Crippen LogP contribution in [0.15, 0.2) is 0 Å². The van der Waals surface area contributed by atoms with Gasteiger partial charge in [0.05, 0.1) is 4.75 Å². The van der Waals surface area contributed by atoms with E-state index in [1.807, 2.05) is 25.7 Å². The van der Waals surface area contributed by atoms with Gasteiger partial charge in [-0.1, -0.05) is 20.8 Å². The number of aliphatic carboxylic acids is 1. The molecule has 0 aromatic carbocycles. The molecule has 1 saturated heterocycles. The van der Waals surface area contributed by atoms with Crippen molar-refractivity contribution in [2.75, 3.05) is 18.8 Å². The minimum absolute atomic E-state index is 0.207. The third-order valence-electron chi connectivity index (χ3n) is 3.94. The number of carboxylic acids is 1. The highest BCUT2D eigenvalue weighted by atomic mass is 32.2. The summed E-state index contributed by atoms with van der Waals surface area (Å²) in [6.45, 7) is 7.28. The molecule has 17 heavy (non-hydrogen) atoms. The van der Waals surface area contributed by atoms with E-state index < -0.39 is 22.8 Å². The Morgan fingerprint density at radius 1 is 1.41 bits per heavy atom. The van der Waals surface area contributed by atoms with Crippen LogP contribution < -0.4 is 0 Å². The zero-order valence-corrected chi connectivity index (χ0v) is 11.8. The largest absolute Gasteiger partial charge is 0.480 e. The second-order valence-corrected chi connectivity index (χ2v) is 6.64. The molecule has 2 unspecified atom stereocenters. The van der Waals surface area contributed by atoms with Crippen LogP contribution in [0.4, 0.5) is 0 Å². The lowest BCUT2D eigenvalue weighted by Gasteiger charge is -2.43. The summed E-state index contributed by atoms with van der Waals surface area (Å²) < 4.78 is 11.9. The Morgan fingerprint density at radius 2 is 2.00 bits per heavy atom. The predicted octanol–water partition coefficient (Wildman–Crippen LogP) is 1.47. The Hall–Kier alpha value is -0.420. The molecule has 1 aliphatic heterocycles. The summed E-state index contributed by atoms with van der Waals surface area (Å²) in [6, 6.07) is -0.426. The Balaban J connectivity index is 2.86. The van der Waals surface area contributed by atoms with E-state index in [0.717, 1.165) is 12.8 Å². The molecule has 0 aromatic rings. The molecule has 100 valence electrons. The first-order valence-electron chi connectivity index (χ1n) is 6.36. The van der Waals surface area contributed by atoms with Gasteiger partial charge >= 0.3 is 5.97 Å². The molecule has 4 nitrogen and oxygen atoms in total. The van der Waals surface area contributed by atoms with Crippen LogP contribution in [0.5, 0.6) is 0 Å². The van der Waals surface area contributed by atoms with Crippen LogP contribution >= 0.6 is 0 Å². The van der Waals surface area contributed by atoms with Gasteiger partial charge in [-0.2, -0.15) is 0 Å². The number of hydrogen-bond acceptors (Lipinski definition) is 3. The van der Waals surface area contributed by atoms with E-state index >= 15 is 0 Å². The molecular weight excluding hydrogens is 238 g/mol. The summed E-state index contributed by atoms with van der Waals surface area (Å²) in [7, 11) is -0.824. The maximum atomic E-state index is 12.1. The molecule has 0 aliphatic carbocycles. The summed E-state index contributed by atoms with van der Waals surface area (Å²) in [6.07, 6.45) is 2.30. The van der Waals surface area contributed by atoms with Gasteiger partial charge in [0.15, 0.2) is 0 Å². The van der Waals surface area contributed by atoms with Crippen LogP contribution in [0.1, 0.15) is 40.0 Å². The molecule has 1 fully saturated rings. The molecule has 0 bridgehead atoms. The number of hydrogen-bond donors (Lipinski definition) is 1. The summed E-state index contributed by atoms with van der Waals surface area (Å²) in [5, 5.41) is 9.19. The van der Waals surface area contributed by atoms with Crippen molar-refractivity contribution in [3.63, 3.8) is 0 Å². The molecule has 5 heteroatoms. The molecule has 1 aliphatic rings. The normalized spacial score (nSPS) is 26.6. The van der Waals surface area contributed by atoms with Crippen molar-refractivity contribution < 1.29 is 14.1 Å². The summed E-state index contributed by atoms with van der Waals surface area (Å²) in [4.78, 5) is 13.2. The molecule has 0 saturated carbocycles. The minimum atomic E-state index is -0.824. The predicted molar refractivity (Wildman–Crippen MR) is 69.6 cm³/mol. The lowest BCUT2D eigenvalue weighted by molar-refractivity contribution is -0.143. The Labute approximate surface area is 106 Å². The monoisotopic (exact) mass is 261 g/mol. The van der Waals surface area contributed by atoms with Crippen molar-refractivity contribution in [1.82, 2.24) is 4.90 Å². The van der Waals surface area contributed by atoms with E-state index in [0.29, 0.717) is 25.3 Å². The van der Waals surface area contributed by atoms with Crippen LogP contribution in [0, 0.1) is 0 Å². The van der Waals surface area contributed by atoms with Crippen molar-refractivity contribution >= 4 is 16.8 Å². The van der Waals surface area contributed by atoms with E-state index in [1.165, 1.54) is 0 Å².